The molecule has 1 nitrogen and oxygen atoms in total. The molecule has 3 rings (SSSR count). The van der Waals surface area contributed by atoms with Crippen LogP contribution in [0.2, 0.25) is 0 Å². The van der Waals surface area contributed by atoms with Gasteiger partial charge in [0.2, 0.25) is 0 Å². The smallest absolute Gasteiger partial charge is 0.120 e. The third-order valence-corrected chi connectivity index (χ3v) is 3.23. The molecule has 0 amide bonds. The zero-order valence-corrected chi connectivity index (χ0v) is 11.0. The predicted molar refractivity (Wildman–Crippen MR) is 80.6 cm³/mol. The molecule has 0 spiro atoms. The first kappa shape index (κ1) is 11.8. The summed E-state index contributed by atoms with van der Waals surface area (Å²) < 4.78 is 5.68. The van der Waals surface area contributed by atoms with Crippen LogP contribution in [0.25, 0.3) is 21.9 Å². The second-order valence-corrected chi connectivity index (χ2v) is 4.49. The van der Waals surface area contributed by atoms with Gasteiger partial charge in [0.15, 0.2) is 0 Å². The lowest BCUT2D eigenvalue weighted by Gasteiger charge is -2.11. The molecule has 19 heavy (non-hydrogen) atoms. The third-order valence-electron chi connectivity index (χ3n) is 3.23. The largest absolute Gasteiger partial charge is 0.494 e. The van der Waals surface area contributed by atoms with Crippen LogP contribution in [-0.2, 0) is 0 Å². The molecule has 0 aliphatic rings. The molecule has 0 radical (unpaired) electrons. The SMILES string of the molecule is CCOc1cc(-c2ccccc2)c2ccccc2c1. The molecule has 0 aliphatic heterocycles. The van der Waals surface area contributed by atoms with Crippen LogP contribution in [0.3, 0.4) is 0 Å². The Morgan fingerprint density at radius 1 is 0.842 bits per heavy atom. The van der Waals surface area contributed by atoms with Gasteiger partial charge in [-0.1, -0.05) is 54.6 Å². The van der Waals surface area contributed by atoms with Gasteiger partial charge in [-0.25, -0.2) is 0 Å². The van der Waals surface area contributed by atoms with Crippen molar-refractivity contribution in [2.24, 2.45) is 0 Å². The summed E-state index contributed by atoms with van der Waals surface area (Å²) in [6, 6.07) is 23.1. The lowest BCUT2D eigenvalue weighted by Crippen LogP contribution is -1.92. The standard InChI is InChI=1S/C18H16O/c1-2-19-16-12-15-10-6-7-11-17(15)18(13-16)14-8-4-3-5-9-14/h3-13H,2H2,1H3. The minimum Gasteiger partial charge on any atom is -0.494 e. The molecular formula is C18H16O. The average molecular weight is 248 g/mol. The highest BCUT2D eigenvalue weighted by atomic mass is 16.5. The van der Waals surface area contributed by atoms with Gasteiger partial charge >= 0.3 is 0 Å². The van der Waals surface area contributed by atoms with Gasteiger partial charge in [0.25, 0.3) is 0 Å². The molecule has 0 unspecified atom stereocenters. The molecule has 0 saturated heterocycles. The van der Waals surface area contributed by atoms with Gasteiger partial charge in [-0.3, -0.25) is 0 Å². The van der Waals surface area contributed by atoms with E-state index < -0.39 is 0 Å². The van der Waals surface area contributed by atoms with Crippen LogP contribution in [0.1, 0.15) is 6.92 Å². The Hall–Kier alpha value is -2.28. The summed E-state index contributed by atoms with van der Waals surface area (Å²) in [5, 5.41) is 2.48. The number of hydrogen-bond donors (Lipinski definition) is 0. The Labute approximate surface area is 113 Å². The quantitative estimate of drug-likeness (QED) is 0.640. The maximum atomic E-state index is 5.68. The van der Waals surface area contributed by atoms with Gasteiger partial charge in [0, 0.05) is 0 Å². The highest BCUT2D eigenvalue weighted by molar-refractivity contribution is 5.97. The van der Waals surface area contributed by atoms with E-state index in [1.165, 1.54) is 21.9 Å². The third kappa shape index (κ3) is 2.32. The monoisotopic (exact) mass is 248 g/mol. The van der Waals surface area contributed by atoms with Crippen molar-refractivity contribution in [3.63, 3.8) is 0 Å². The topological polar surface area (TPSA) is 9.23 Å². The molecule has 94 valence electrons. The van der Waals surface area contributed by atoms with Crippen molar-refractivity contribution in [3.8, 4) is 16.9 Å². The maximum Gasteiger partial charge on any atom is 0.120 e. The number of rotatable bonds is 3. The fraction of sp³-hybridized carbons (Fsp3) is 0.111. The Balaban J connectivity index is 2.26. The molecule has 0 fully saturated rings. The zero-order chi connectivity index (χ0) is 13.1. The van der Waals surface area contributed by atoms with Crippen LogP contribution in [0.4, 0.5) is 0 Å². The molecule has 0 aliphatic carbocycles. The van der Waals surface area contributed by atoms with Crippen molar-refractivity contribution >= 4 is 10.8 Å². The van der Waals surface area contributed by atoms with Gasteiger partial charge in [-0.05, 0) is 41.0 Å². The van der Waals surface area contributed by atoms with E-state index in [0.717, 1.165) is 5.75 Å². The summed E-state index contributed by atoms with van der Waals surface area (Å²) in [7, 11) is 0. The van der Waals surface area contributed by atoms with Gasteiger partial charge in [0.05, 0.1) is 6.61 Å². The summed E-state index contributed by atoms with van der Waals surface area (Å²) in [6.07, 6.45) is 0. The molecule has 0 bridgehead atoms. The van der Waals surface area contributed by atoms with Crippen molar-refractivity contribution < 1.29 is 4.74 Å². The molecular weight excluding hydrogens is 232 g/mol. The summed E-state index contributed by atoms with van der Waals surface area (Å²) in [5.41, 5.74) is 2.45. The van der Waals surface area contributed by atoms with Gasteiger partial charge in [-0.2, -0.15) is 0 Å². The van der Waals surface area contributed by atoms with Crippen LogP contribution >= 0.6 is 0 Å². The van der Waals surface area contributed by atoms with E-state index in [0.29, 0.717) is 6.61 Å². The van der Waals surface area contributed by atoms with Crippen LogP contribution < -0.4 is 4.74 Å². The van der Waals surface area contributed by atoms with Crippen molar-refractivity contribution in [2.75, 3.05) is 6.61 Å². The lowest BCUT2D eigenvalue weighted by atomic mass is 9.98. The highest BCUT2D eigenvalue weighted by Crippen LogP contribution is 2.32. The molecule has 0 aromatic heterocycles. The summed E-state index contributed by atoms with van der Waals surface area (Å²) >= 11 is 0. The van der Waals surface area contributed by atoms with Crippen LogP contribution in [0.5, 0.6) is 5.75 Å². The van der Waals surface area contributed by atoms with E-state index >= 15 is 0 Å². The molecule has 0 heterocycles. The van der Waals surface area contributed by atoms with E-state index in [1.54, 1.807) is 0 Å². The maximum absolute atomic E-state index is 5.68. The average Bonchev–Trinajstić information content (AvgIpc) is 2.48. The Morgan fingerprint density at radius 3 is 2.37 bits per heavy atom. The van der Waals surface area contributed by atoms with Crippen LogP contribution in [0.15, 0.2) is 66.7 Å². The number of benzene rings is 3. The fourth-order valence-corrected chi connectivity index (χ4v) is 2.39. The van der Waals surface area contributed by atoms with E-state index in [1.807, 2.05) is 13.0 Å². The first-order chi connectivity index (χ1) is 9.38. The van der Waals surface area contributed by atoms with Crippen LogP contribution in [0, 0.1) is 0 Å². The minimum absolute atomic E-state index is 0.687. The van der Waals surface area contributed by atoms with Gasteiger partial charge < -0.3 is 4.74 Å². The fourth-order valence-electron chi connectivity index (χ4n) is 2.39. The summed E-state index contributed by atoms with van der Waals surface area (Å²) in [5.74, 6) is 0.931. The second-order valence-electron chi connectivity index (χ2n) is 4.49. The number of ether oxygens (including phenoxy) is 1. The molecule has 0 saturated carbocycles. The molecule has 3 aromatic carbocycles. The first-order valence-electron chi connectivity index (χ1n) is 6.59. The van der Waals surface area contributed by atoms with E-state index in [-0.39, 0.29) is 0 Å². The van der Waals surface area contributed by atoms with Crippen molar-refractivity contribution in [1.82, 2.24) is 0 Å². The van der Waals surface area contributed by atoms with E-state index in [4.69, 9.17) is 4.74 Å². The number of hydrogen-bond acceptors (Lipinski definition) is 1. The summed E-state index contributed by atoms with van der Waals surface area (Å²) in [4.78, 5) is 0. The van der Waals surface area contributed by atoms with Crippen molar-refractivity contribution in [1.29, 1.82) is 0 Å². The van der Waals surface area contributed by atoms with Gasteiger partial charge in [0.1, 0.15) is 5.75 Å². The Kier molecular flexibility index (Phi) is 3.20. The Bertz CT molecular complexity index is 686. The van der Waals surface area contributed by atoms with Gasteiger partial charge in [-0.15, -0.1) is 0 Å². The van der Waals surface area contributed by atoms with E-state index in [9.17, 15) is 0 Å². The predicted octanol–water partition coefficient (Wildman–Crippen LogP) is 4.91. The zero-order valence-electron chi connectivity index (χ0n) is 11.0. The second kappa shape index (κ2) is 5.15. The van der Waals surface area contributed by atoms with E-state index in [2.05, 4.69) is 60.7 Å². The summed E-state index contributed by atoms with van der Waals surface area (Å²) in [6.45, 7) is 2.70. The molecule has 0 N–H and O–H groups in total. The van der Waals surface area contributed by atoms with Crippen LogP contribution in [-0.4, -0.2) is 6.61 Å². The van der Waals surface area contributed by atoms with Crippen molar-refractivity contribution in [3.05, 3.63) is 66.7 Å². The Morgan fingerprint density at radius 2 is 1.58 bits per heavy atom. The minimum atomic E-state index is 0.687. The highest BCUT2D eigenvalue weighted by Gasteiger charge is 2.06. The lowest BCUT2D eigenvalue weighted by molar-refractivity contribution is 0.341. The molecule has 3 aromatic rings. The van der Waals surface area contributed by atoms with Crippen molar-refractivity contribution in [2.45, 2.75) is 6.92 Å². The first-order valence-corrected chi connectivity index (χ1v) is 6.59. The number of fused-ring (bicyclic) bond motifs is 1. The molecule has 0 atom stereocenters. The molecule has 1 heteroatoms. The normalized spacial score (nSPS) is 10.6.